The largest absolute Gasteiger partial charge is 0.316 e. The van der Waals surface area contributed by atoms with E-state index >= 15 is 0 Å². The zero-order valence-electron chi connectivity index (χ0n) is 13.8. The minimum Gasteiger partial charge on any atom is -0.316 e. The summed E-state index contributed by atoms with van der Waals surface area (Å²) in [7, 11) is 2.04. The minimum absolute atomic E-state index is 0.566. The normalized spacial score (nSPS) is 39.4. The lowest BCUT2D eigenvalue weighted by Crippen LogP contribution is -2.58. The molecule has 0 amide bonds. The lowest BCUT2D eigenvalue weighted by atomic mass is 9.52. The van der Waals surface area contributed by atoms with Gasteiger partial charge in [-0.05, 0) is 80.0 Å². The second-order valence-electron chi connectivity index (χ2n) is 8.63. The highest BCUT2D eigenvalue weighted by Gasteiger charge is 2.54. The highest BCUT2D eigenvalue weighted by Crippen LogP contribution is 2.58. The van der Waals surface area contributed by atoms with Crippen LogP contribution in [0, 0.1) is 17.8 Å². The number of hydrogen-bond donors (Lipinski definition) is 1. The van der Waals surface area contributed by atoms with Gasteiger partial charge in [-0.15, -0.1) is 0 Å². The molecule has 6 rings (SSSR count). The van der Waals surface area contributed by atoms with Crippen LogP contribution in [0.25, 0.3) is 0 Å². The van der Waals surface area contributed by atoms with Gasteiger partial charge in [0.2, 0.25) is 0 Å². The van der Waals surface area contributed by atoms with Crippen molar-refractivity contribution in [2.45, 2.75) is 63.7 Å². The predicted octanol–water partition coefficient (Wildman–Crippen LogP) is 3.69. The molecule has 1 N–H and O–H groups in total. The van der Waals surface area contributed by atoms with E-state index in [0.717, 1.165) is 24.3 Å². The Morgan fingerprint density at radius 3 is 2.27 bits per heavy atom. The van der Waals surface area contributed by atoms with E-state index < -0.39 is 0 Å². The Kier molecular flexibility index (Phi) is 2.97. The molecule has 22 heavy (non-hydrogen) atoms. The van der Waals surface area contributed by atoms with E-state index in [1.54, 1.807) is 30.4 Å². The molecule has 0 atom stereocenters. The quantitative estimate of drug-likeness (QED) is 0.915. The van der Waals surface area contributed by atoms with Gasteiger partial charge in [-0.1, -0.05) is 18.2 Å². The topological polar surface area (TPSA) is 15.3 Å². The molecule has 2 heteroatoms. The van der Waals surface area contributed by atoms with Gasteiger partial charge in [-0.3, -0.25) is 4.90 Å². The van der Waals surface area contributed by atoms with Crippen molar-refractivity contribution < 1.29 is 0 Å². The minimum atomic E-state index is 0.566. The van der Waals surface area contributed by atoms with Crippen LogP contribution in [0.3, 0.4) is 0 Å². The molecule has 1 aliphatic heterocycles. The van der Waals surface area contributed by atoms with Crippen LogP contribution in [0.1, 0.15) is 55.2 Å². The monoisotopic (exact) mass is 296 g/mol. The molecule has 1 aromatic carbocycles. The molecular formula is C20H28N2. The molecule has 0 radical (unpaired) electrons. The highest BCUT2D eigenvalue weighted by atomic mass is 15.2. The smallest absolute Gasteiger partial charge is 0.0246 e. The van der Waals surface area contributed by atoms with Gasteiger partial charge in [-0.2, -0.15) is 0 Å². The first-order valence-electron chi connectivity index (χ1n) is 9.24. The highest BCUT2D eigenvalue weighted by molar-refractivity contribution is 5.35. The average Bonchev–Trinajstić information content (AvgIpc) is 2.90. The predicted molar refractivity (Wildman–Crippen MR) is 89.4 cm³/mol. The van der Waals surface area contributed by atoms with Crippen molar-refractivity contribution in [2.24, 2.45) is 17.8 Å². The summed E-state index contributed by atoms with van der Waals surface area (Å²) >= 11 is 0. The van der Waals surface area contributed by atoms with E-state index in [0.29, 0.717) is 5.54 Å². The fraction of sp³-hybridized carbons (Fsp3) is 0.700. The van der Waals surface area contributed by atoms with Crippen LogP contribution >= 0.6 is 0 Å². The maximum absolute atomic E-state index is 3.28. The Bertz CT molecular complexity index is 556. The molecule has 4 saturated carbocycles. The van der Waals surface area contributed by atoms with E-state index in [9.17, 15) is 0 Å². The lowest BCUT2D eigenvalue weighted by molar-refractivity contribution is -0.0915. The molecule has 5 aliphatic rings. The zero-order valence-corrected chi connectivity index (χ0v) is 13.8. The number of nitrogens with zero attached hydrogens (tertiary/aromatic N) is 1. The van der Waals surface area contributed by atoms with Crippen molar-refractivity contribution in [3.63, 3.8) is 0 Å². The van der Waals surface area contributed by atoms with Gasteiger partial charge in [0.1, 0.15) is 0 Å². The van der Waals surface area contributed by atoms with Crippen LogP contribution in [-0.2, 0) is 19.6 Å². The van der Waals surface area contributed by atoms with Crippen molar-refractivity contribution in [1.29, 1.82) is 0 Å². The Labute approximate surface area is 134 Å². The Hall–Kier alpha value is -0.860. The summed E-state index contributed by atoms with van der Waals surface area (Å²) in [5.74, 6) is 3.15. The molecule has 0 unspecified atom stereocenters. The van der Waals surface area contributed by atoms with Crippen LogP contribution in [0.5, 0.6) is 0 Å². The molecule has 1 heterocycles. The number of rotatable bonds is 3. The van der Waals surface area contributed by atoms with Crippen LogP contribution in [-0.4, -0.2) is 17.5 Å². The molecular weight excluding hydrogens is 268 g/mol. The van der Waals surface area contributed by atoms with Crippen molar-refractivity contribution in [3.05, 3.63) is 34.9 Å². The van der Waals surface area contributed by atoms with Gasteiger partial charge >= 0.3 is 0 Å². The van der Waals surface area contributed by atoms with E-state index in [4.69, 9.17) is 0 Å². The van der Waals surface area contributed by atoms with Crippen LogP contribution in [0.4, 0.5) is 0 Å². The Balaban J connectivity index is 1.41. The first-order chi connectivity index (χ1) is 10.7. The first-order valence-corrected chi connectivity index (χ1v) is 9.24. The fourth-order valence-electron chi connectivity index (χ4n) is 6.55. The van der Waals surface area contributed by atoms with E-state index in [1.165, 1.54) is 37.9 Å². The second kappa shape index (κ2) is 4.82. The fourth-order valence-corrected chi connectivity index (χ4v) is 6.55. The molecule has 2 nitrogen and oxygen atoms in total. The number of nitrogens with one attached hydrogen (secondary N) is 1. The van der Waals surface area contributed by atoms with E-state index in [2.05, 4.69) is 28.4 Å². The summed E-state index contributed by atoms with van der Waals surface area (Å²) in [6.07, 6.45) is 9.13. The van der Waals surface area contributed by atoms with Gasteiger partial charge in [-0.25, -0.2) is 0 Å². The SMILES string of the molecule is CNCc1ccc2c(c1)CN(C13CC4CC(CC(C4)C1)C3)C2. The van der Waals surface area contributed by atoms with Gasteiger partial charge in [0.15, 0.2) is 0 Å². The summed E-state index contributed by atoms with van der Waals surface area (Å²) in [5, 5.41) is 3.28. The molecule has 4 fully saturated rings. The first kappa shape index (κ1) is 13.6. The maximum Gasteiger partial charge on any atom is 0.0246 e. The molecule has 4 bridgehead atoms. The molecule has 0 aromatic heterocycles. The van der Waals surface area contributed by atoms with Crippen molar-refractivity contribution in [2.75, 3.05) is 7.05 Å². The van der Waals surface area contributed by atoms with Crippen LogP contribution in [0.15, 0.2) is 18.2 Å². The Morgan fingerprint density at radius 2 is 1.64 bits per heavy atom. The summed E-state index contributed by atoms with van der Waals surface area (Å²) in [6, 6.07) is 7.16. The summed E-state index contributed by atoms with van der Waals surface area (Å²) in [6.45, 7) is 3.41. The Morgan fingerprint density at radius 1 is 1.00 bits per heavy atom. The van der Waals surface area contributed by atoms with Crippen molar-refractivity contribution >= 4 is 0 Å². The maximum atomic E-state index is 3.28. The molecule has 0 spiro atoms. The number of hydrogen-bond acceptors (Lipinski definition) is 2. The lowest BCUT2D eigenvalue weighted by Gasteiger charge is -2.60. The van der Waals surface area contributed by atoms with E-state index in [1.807, 2.05) is 7.05 Å². The number of benzene rings is 1. The molecule has 118 valence electrons. The zero-order chi connectivity index (χ0) is 14.7. The third kappa shape index (κ3) is 2.00. The molecule has 4 aliphatic carbocycles. The third-order valence-electron chi connectivity index (χ3n) is 7.05. The van der Waals surface area contributed by atoms with Gasteiger partial charge < -0.3 is 5.32 Å². The van der Waals surface area contributed by atoms with Crippen molar-refractivity contribution in [1.82, 2.24) is 10.2 Å². The summed E-state index contributed by atoms with van der Waals surface area (Å²) < 4.78 is 0. The van der Waals surface area contributed by atoms with Crippen LogP contribution < -0.4 is 5.32 Å². The van der Waals surface area contributed by atoms with Gasteiger partial charge in [0.25, 0.3) is 0 Å². The second-order valence-corrected chi connectivity index (χ2v) is 8.63. The van der Waals surface area contributed by atoms with Crippen LogP contribution in [0.2, 0.25) is 0 Å². The summed E-state index contributed by atoms with van der Waals surface area (Å²) in [5.41, 5.74) is 5.20. The standard InChI is InChI=1S/C20H28N2/c1-21-11-14-2-3-18-12-22(13-19(18)7-14)20-8-15-4-16(9-20)6-17(5-15)10-20/h2-3,7,15-17,21H,4-6,8-13H2,1H3. The van der Waals surface area contributed by atoms with E-state index in [-0.39, 0.29) is 0 Å². The average molecular weight is 296 g/mol. The number of fused-ring (bicyclic) bond motifs is 1. The van der Waals surface area contributed by atoms with Gasteiger partial charge in [0.05, 0.1) is 0 Å². The molecule has 1 aromatic rings. The molecule has 0 saturated heterocycles. The van der Waals surface area contributed by atoms with Gasteiger partial charge in [0, 0.05) is 25.2 Å². The summed E-state index contributed by atoms with van der Waals surface area (Å²) in [4.78, 5) is 2.88. The van der Waals surface area contributed by atoms with Crippen molar-refractivity contribution in [3.8, 4) is 0 Å². The third-order valence-corrected chi connectivity index (χ3v) is 7.05.